The molecule has 2 aromatic heterocycles. The predicted octanol–water partition coefficient (Wildman–Crippen LogP) is 2.00. The van der Waals surface area contributed by atoms with Gasteiger partial charge in [-0.05, 0) is 0 Å². The quantitative estimate of drug-likeness (QED) is 0.703. The van der Waals surface area contributed by atoms with Crippen LogP contribution in [0.3, 0.4) is 0 Å². The Hall–Kier alpha value is -1.14. The third kappa shape index (κ3) is 1.36. The van der Waals surface area contributed by atoms with Crippen molar-refractivity contribution in [3.8, 4) is 0 Å². The first kappa shape index (κ1) is 9.42. The Morgan fingerprint density at radius 2 is 1.14 bits per heavy atom. The van der Waals surface area contributed by atoms with Crippen LogP contribution in [0.4, 0.5) is 8.78 Å². The molecule has 0 N–H and O–H groups in total. The van der Waals surface area contributed by atoms with Crippen molar-refractivity contribution < 1.29 is 8.78 Å². The molecule has 0 spiro atoms. The van der Waals surface area contributed by atoms with Crippen LogP contribution < -0.4 is 0 Å². The first-order chi connectivity index (χ1) is 6.59. The lowest BCUT2D eigenvalue weighted by molar-refractivity contribution is 0.459. The molecule has 2 aromatic rings. The maximum absolute atomic E-state index is 12.7. The molecule has 0 aliphatic heterocycles. The minimum Gasteiger partial charge on any atom is -0.211 e. The van der Waals surface area contributed by atoms with Crippen LogP contribution in [-0.2, 0) is 0 Å². The van der Waals surface area contributed by atoms with Crippen molar-refractivity contribution in [1.29, 1.82) is 0 Å². The molecule has 0 unspecified atom stereocenters. The Morgan fingerprint density at radius 1 is 0.786 bits per heavy atom. The summed E-state index contributed by atoms with van der Waals surface area (Å²) in [6.07, 6.45) is 0. The van der Waals surface area contributed by atoms with Gasteiger partial charge in [0.25, 0.3) is 11.9 Å². The standard InChI is InChI=1S/C6Cl2F2N4/c7-3-1-2(4(8)14-13-3)12-6(10)5(9)11-1. The highest BCUT2D eigenvalue weighted by Gasteiger charge is 2.14. The molecule has 0 saturated carbocycles. The van der Waals surface area contributed by atoms with E-state index in [0.717, 1.165) is 0 Å². The number of rotatable bonds is 0. The summed E-state index contributed by atoms with van der Waals surface area (Å²) in [5.74, 6) is -2.72. The lowest BCUT2D eigenvalue weighted by Gasteiger charge is -1.99. The fourth-order valence-electron chi connectivity index (χ4n) is 0.865. The van der Waals surface area contributed by atoms with E-state index in [-0.39, 0.29) is 21.3 Å². The number of nitrogens with zero attached hydrogens (tertiary/aromatic N) is 4. The van der Waals surface area contributed by atoms with Crippen LogP contribution in [-0.4, -0.2) is 20.2 Å². The lowest BCUT2D eigenvalue weighted by Crippen LogP contribution is -1.99. The first-order valence-corrected chi connectivity index (χ1v) is 4.05. The average molecular weight is 237 g/mol. The van der Waals surface area contributed by atoms with Gasteiger partial charge >= 0.3 is 0 Å². The minimum absolute atomic E-state index is 0.120. The maximum Gasteiger partial charge on any atom is 0.269 e. The van der Waals surface area contributed by atoms with E-state index < -0.39 is 11.9 Å². The molecule has 0 aliphatic rings. The number of halogens is 4. The molecule has 0 amide bonds. The molecular formula is C6Cl2F2N4. The molecule has 0 saturated heterocycles. The van der Waals surface area contributed by atoms with E-state index in [9.17, 15) is 8.78 Å². The van der Waals surface area contributed by atoms with E-state index in [0.29, 0.717) is 0 Å². The number of aromatic nitrogens is 4. The van der Waals surface area contributed by atoms with Gasteiger partial charge in [0.15, 0.2) is 10.3 Å². The molecule has 4 nitrogen and oxygen atoms in total. The second kappa shape index (κ2) is 3.21. The summed E-state index contributed by atoms with van der Waals surface area (Å²) in [6, 6.07) is 0. The molecular weight excluding hydrogens is 237 g/mol. The fraction of sp³-hybridized carbons (Fsp3) is 0. The second-order valence-electron chi connectivity index (χ2n) is 2.28. The molecule has 2 heterocycles. The van der Waals surface area contributed by atoms with Gasteiger partial charge < -0.3 is 0 Å². The zero-order valence-electron chi connectivity index (χ0n) is 6.30. The summed E-state index contributed by atoms with van der Waals surface area (Å²) in [7, 11) is 0. The van der Waals surface area contributed by atoms with E-state index in [1.807, 2.05) is 0 Å². The van der Waals surface area contributed by atoms with Crippen LogP contribution in [0.2, 0.25) is 10.3 Å². The smallest absolute Gasteiger partial charge is 0.211 e. The summed E-state index contributed by atoms with van der Waals surface area (Å²) >= 11 is 11.1. The van der Waals surface area contributed by atoms with Gasteiger partial charge in [-0.25, -0.2) is 9.97 Å². The largest absolute Gasteiger partial charge is 0.269 e. The Labute approximate surface area is 85.9 Å². The Bertz CT molecular complexity index is 472. The first-order valence-electron chi connectivity index (χ1n) is 3.30. The van der Waals surface area contributed by atoms with Crippen LogP contribution in [0.25, 0.3) is 11.0 Å². The SMILES string of the molecule is Fc1nc2c(Cl)nnc(Cl)c2nc1F. The fourth-order valence-corrected chi connectivity index (χ4v) is 1.20. The summed E-state index contributed by atoms with van der Waals surface area (Å²) in [4.78, 5) is 6.42. The van der Waals surface area contributed by atoms with Gasteiger partial charge in [-0.2, -0.15) is 8.78 Å². The van der Waals surface area contributed by atoms with Gasteiger partial charge in [-0.15, -0.1) is 10.2 Å². The summed E-state index contributed by atoms with van der Waals surface area (Å²) in [5.41, 5.74) is -0.240. The highest BCUT2D eigenvalue weighted by Crippen LogP contribution is 2.22. The molecule has 0 radical (unpaired) electrons. The molecule has 0 atom stereocenters. The van der Waals surface area contributed by atoms with E-state index >= 15 is 0 Å². The van der Waals surface area contributed by atoms with E-state index in [1.165, 1.54) is 0 Å². The van der Waals surface area contributed by atoms with E-state index in [1.54, 1.807) is 0 Å². The van der Waals surface area contributed by atoms with E-state index in [2.05, 4.69) is 20.2 Å². The molecule has 0 aromatic carbocycles. The van der Waals surface area contributed by atoms with Crippen molar-refractivity contribution in [2.45, 2.75) is 0 Å². The third-order valence-electron chi connectivity index (χ3n) is 1.43. The summed E-state index contributed by atoms with van der Waals surface area (Å²) in [5, 5.41) is 6.37. The Balaban J connectivity index is 2.94. The van der Waals surface area contributed by atoms with Gasteiger partial charge in [-0.3, -0.25) is 0 Å². The third-order valence-corrected chi connectivity index (χ3v) is 1.94. The van der Waals surface area contributed by atoms with Crippen molar-refractivity contribution in [3.05, 3.63) is 22.2 Å². The van der Waals surface area contributed by atoms with Gasteiger partial charge in [0.1, 0.15) is 11.0 Å². The predicted molar refractivity (Wildman–Crippen MR) is 45.1 cm³/mol. The van der Waals surface area contributed by atoms with Crippen molar-refractivity contribution >= 4 is 34.2 Å². The molecule has 0 fully saturated rings. The van der Waals surface area contributed by atoms with Crippen molar-refractivity contribution in [3.63, 3.8) is 0 Å². The number of fused-ring (bicyclic) bond motifs is 1. The maximum atomic E-state index is 12.7. The van der Waals surface area contributed by atoms with Gasteiger partial charge in [0.05, 0.1) is 0 Å². The van der Waals surface area contributed by atoms with Crippen molar-refractivity contribution in [2.24, 2.45) is 0 Å². The summed E-state index contributed by atoms with van der Waals surface area (Å²) in [6.45, 7) is 0. The van der Waals surface area contributed by atoms with Gasteiger partial charge in [0.2, 0.25) is 0 Å². The zero-order valence-corrected chi connectivity index (χ0v) is 7.81. The molecule has 14 heavy (non-hydrogen) atoms. The highest BCUT2D eigenvalue weighted by atomic mass is 35.5. The molecule has 0 bridgehead atoms. The Morgan fingerprint density at radius 3 is 1.50 bits per heavy atom. The molecule has 8 heteroatoms. The van der Waals surface area contributed by atoms with Gasteiger partial charge in [-0.1, -0.05) is 23.2 Å². The van der Waals surface area contributed by atoms with Crippen molar-refractivity contribution in [1.82, 2.24) is 20.2 Å². The van der Waals surface area contributed by atoms with Crippen LogP contribution in [0.15, 0.2) is 0 Å². The normalized spacial score (nSPS) is 10.9. The van der Waals surface area contributed by atoms with Crippen LogP contribution in [0.5, 0.6) is 0 Å². The lowest BCUT2D eigenvalue weighted by atomic mass is 10.4. The topological polar surface area (TPSA) is 51.6 Å². The molecule has 2 rings (SSSR count). The minimum atomic E-state index is -1.36. The van der Waals surface area contributed by atoms with Crippen LogP contribution >= 0.6 is 23.2 Å². The van der Waals surface area contributed by atoms with Crippen LogP contribution in [0.1, 0.15) is 0 Å². The van der Waals surface area contributed by atoms with Gasteiger partial charge in [0, 0.05) is 0 Å². The monoisotopic (exact) mass is 236 g/mol. The van der Waals surface area contributed by atoms with Crippen LogP contribution in [0, 0.1) is 11.9 Å². The number of hydrogen-bond acceptors (Lipinski definition) is 4. The number of hydrogen-bond donors (Lipinski definition) is 0. The highest BCUT2D eigenvalue weighted by molar-refractivity contribution is 6.37. The molecule has 72 valence electrons. The second-order valence-corrected chi connectivity index (χ2v) is 3.00. The average Bonchev–Trinajstić information content (AvgIpc) is 2.15. The van der Waals surface area contributed by atoms with E-state index in [4.69, 9.17) is 23.2 Å². The summed E-state index contributed by atoms with van der Waals surface area (Å²) < 4.78 is 25.3. The Kier molecular flexibility index (Phi) is 2.16. The zero-order chi connectivity index (χ0) is 10.3. The van der Waals surface area contributed by atoms with Crippen molar-refractivity contribution in [2.75, 3.05) is 0 Å². The molecule has 0 aliphatic carbocycles.